The Morgan fingerprint density at radius 2 is 2.14 bits per heavy atom. The first kappa shape index (κ1) is 13.4. The molecule has 2 N–H and O–H groups in total. The average Bonchev–Trinajstić information content (AvgIpc) is 2.87. The Kier molecular flexibility index (Phi) is 3.26. The summed E-state index contributed by atoms with van der Waals surface area (Å²) in [5.41, 5.74) is 7.42. The minimum absolute atomic E-state index is 0.127. The van der Waals surface area contributed by atoms with Gasteiger partial charge >= 0.3 is 0 Å². The number of hydrogen-bond donors (Lipinski definition) is 1. The summed E-state index contributed by atoms with van der Waals surface area (Å²) >= 11 is 0. The maximum absolute atomic E-state index is 11.4. The number of fused-ring (bicyclic) bond motifs is 1. The van der Waals surface area contributed by atoms with Crippen molar-refractivity contribution in [3.05, 3.63) is 18.1 Å². The topological polar surface area (TPSA) is 77.0 Å². The van der Waals surface area contributed by atoms with Gasteiger partial charge in [-0.2, -0.15) is 0 Å². The first-order chi connectivity index (χ1) is 10.1. The molecule has 6 heteroatoms. The molecule has 0 aromatic carbocycles. The second-order valence-corrected chi connectivity index (χ2v) is 5.29. The standard InChI is InChI=1S/C15H17N5O/c1-3-11-8-20(15-13(11)14(16)17-9-18-15)12-4-6-19(7-5-12)10(2)21/h1,8-9,12H,4-7H2,2H3,(H2,16,17,18). The second kappa shape index (κ2) is 5.09. The van der Waals surface area contributed by atoms with Crippen molar-refractivity contribution in [3.8, 4) is 12.3 Å². The van der Waals surface area contributed by atoms with Crippen LogP contribution in [0.5, 0.6) is 0 Å². The minimum Gasteiger partial charge on any atom is -0.383 e. The number of rotatable bonds is 1. The van der Waals surface area contributed by atoms with Crippen LogP contribution < -0.4 is 5.73 Å². The van der Waals surface area contributed by atoms with Gasteiger partial charge < -0.3 is 15.2 Å². The van der Waals surface area contributed by atoms with Gasteiger partial charge in [0, 0.05) is 32.3 Å². The third-order valence-electron chi connectivity index (χ3n) is 4.10. The molecule has 108 valence electrons. The molecule has 1 aliphatic rings. The molecule has 0 radical (unpaired) electrons. The fourth-order valence-corrected chi connectivity index (χ4v) is 2.96. The van der Waals surface area contributed by atoms with Crippen molar-refractivity contribution in [1.29, 1.82) is 0 Å². The van der Waals surface area contributed by atoms with Gasteiger partial charge in [0.1, 0.15) is 17.8 Å². The zero-order chi connectivity index (χ0) is 15.0. The lowest BCUT2D eigenvalue weighted by Gasteiger charge is -2.32. The molecule has 1 amide bonds. The highest BCUT2D eigenvalue weighted by Crippen LogP contribution is 2.30. The number of amides is 1. The van der Waals surface area contributed by atoms with Crippen molar-refractivity contribution in [2.75, 3.05) is 18.8 Å². The van der Waals surface area contributed by atoms with Crippen LogP contribution in [0.4, 0.5) is 5.82 Å². The van der Waals surface area contributed by atoms with Crippen LogP contribution in [0.1, 0.15) is 31.4 Å². The molecular weight excluding hydrogens is 266 g/mol. The summed E-state index contributed by atoms with van der Waals surface area (Å²) in [6.45, 7) is 3.12. The fraction of sp³-hybridized carbons (Fsp3) is 0.400. The predicted octanol–water partition coefficient (Wildman–Crippen LogP) is 1.18. The smallest absolute Gasteiger partial charge is 0.219 e. The number of carbonyl (C=O) groups excluding carboxylic acids is 1. The van der Waals surface area contributed by atoms with Crippen molar-refractivity contribution in [3.63, 3.8) is 0 Å². The molecule has 2 aromatic heterocycles. The number of piperidine rings is 1. The molecule has 3 rings (SSSR count). The molecule has 0 atom stereocenters. The summed E-state index contributed by atoms with van der Waals surface area (Å²) in [6, 6.07) is 0.277. The van der Waals surface area contributed by atoms with E-state index < -0.39 is 0 Å². The van der Waals surface area contributed by atoms with Gasteiger partial charge in [-0.05, 0) is 12.8 Å². The average molecular weight is 283 g/mol. The lowest BCUT2D eigenvalue weighted by atomic mass is 10.0. The quantitative estimate of drug-likeness (QED) is 0.797. The Morgan fingerprint density at radius 1 is 1.43 bits per heavy atom. The number of hydrogen-bond acceptors (Lipinski definition) is 4. The van der Waals surface area contributed by atoms with Crippen LogP contribution in [0.3, 0.4) is 0 Å². The minimum atomic E-state index is 0.127. The summed E-state index contributed by atoms with van der Waals surface area (Å²) < 4.78 is 2.08. The highest BCUT2D eigenvalue weighted by atomic mass is 16.2. The van der Waals surface area contributed by atoms with Crippen LogP contribution in [0.25, 0.3) is 11.0 Å². The number of carbonyl (C=O) groups is 1. The van der Waals surface area contributed by atoms with Crippen LogP contribution in [-0.2, 0) is 4.79 Å². The summed E-state index contributed by atoms with van der Waals surface area (Å²) in [6.07, 6.45) is 10.7. The van der Waals surface area contributed by atoms with Gasteiger partial charge in [0.2, 0.25) is 5.91 Å². The molecule has 1 aliphatic heterocycles. The number of aromatic nitrogens is 3. The lowest BCUT2D eigenvalue weighted by molar-refractivity contribution is -0.130. The van der Waals surface area contributed by atoms with E-state index in [-0.39, 0.29) is 11.9 Å². The van der Waals surface area contributed by atoms with Gasteiger partial charge in [-0.15, -0.1) is 6.42 Å². The zero-order valence-electron chi connectivity index (χ0n) is 11.9. The monoisotopic (exact) mass is 283 g/mol. The van der Waals surface area contributed by atoms with Gasteiger partial charge in [-0.1, -0.05) is 5.92 Å². The van der Waals surface area contributed by atoms with E-state index in [1.54, 1.807) is 6.92 Å². The van der Waals surface area contributed by atoms with E-state index in [0.29, 0.717) is 5.82 Å². The van der Waals surface area contributed by atoms with E-state index in [1.165, 1.54) is 6.33 Å². The molecule has 6 nitrogen and oxygen atoms in total. The lowest BCUT2D eigenvalue weighted by Crippen LogP contribution is -2.37. The number of likely N-dealkylation sites (tertiary alicyclic amines) is 1. The Hall–Kier alpha value is -2.55. The summed E-state index contributed by atoms with van der Waals surface area (Å²) in [7, 11) is 0. The summed E-state index contributed by atoms with van der Waals surface area (Å²) in [5.74, 6) is 3.19. The van der Waals surface area contributed by atoms with Crippen LogP contribution in [-0.4, -0.2) is 38.4 Å². The summed E-state index contributed by atoms with van der Waals surface area (Å²) in [5, 5.41) is 0.744. The van der Waals surface area contributed by atoms with E-state index in [9.17, 15) is 4.79 Å². The van der Waals surface area contributed by atoms with E-state index in [2.05, 4.69) is 20.5 Å². The molecule has 0 spiro atoms. The first-order valence-corrected chi connectivity index (χ1v) is 6.95. The third kappa shape index (κ3) is 2.21. The highest BCUT2D eigenvalue weighted by Gasteiger charge is 2.24. The van der Waals surface area contributed by atoms with Crippen LogP contribution in [0, 0.1) is 12.3 Å². The van der Waals surface area contributed by atoms with Crippen molar-refractivity contribution in [1.82, 2.24) is 19.4 Å². The van der Waals surface area contributed by atoms with Gasteiger partial charge in [0.25, 0.3) is 0 Å². The number of anilines is 1. The van der Waals surface area contributed by atoms with Crippen LogP contribution >= 0.6 is 0 Å². The maximum Gasteiger partial charge on any atom is 0.219 e. The molecule has 21 heavy (non-hydrogen) atoms. The SMILES string of the molecule is C#Cc1cn(C2CCN(C(C)=O)CC2)c2ncnc(N)c12. The molecule has 0 unspecified atom stereocenters. The predicted molar refractivity (Wildman–Crippen MR) is 80.4 cm³/mol. The molecular formula is C15H17N5O. The first-order valence-electron chi connectivity index (χ1n) is 6.95. The Morgan fingerprint density at radius 3 is 2.76 bits per heavy atom. The summed E-state index contributed by atoms with van der Waals surface area (Å²) in [4.78, 5) is 21.6. The molecule has 0 bridgehead atoms. The molecule has 1 saturated heterocycles. The van der Waals surface area contributed by atoms with Crippen molar-refractivity contribution in [2.45, 2.75) is 25.8 Å². The van der Waals surface area contributed by atoms with E-state index in [1.807, 2.05) is 11.1 Å². The van der Waals surface area contributed by atoms with Gasteiger partial charge in [-0.25, -0.2) is 9.97 Å². The third-order valence-corrected chi connectivity index (χ3v) is 4.10. The molecule has 0 aliphatic carbocycles. The number of nitrogens with two attached hydrogens (primary N) is 1. The number of nitrogen functional groups attached to an aromatic ring is 1. The van der Waals surface area contributed by atoms with Crippen LogP contribution in [0.15, 0.2) is 12.5 Å². The second-order valence-electron chi connectivity index (χ2n) is 5.29. The Labute approximate surface area is 123 Å². The number of terminal acetylenes is 1. The van der Waals surface area contributed by atoms with Gasteiger partial charge in [0.15, 0.2) is 0 Å². The maximum atomic E-state index is 11.4. The van der Waals surface area contributed by atoms with E-state index >= 15 is 0 Å². The largest absolute Gasteiger partial charge is 0.383 e. The molecule has 3 heterocycles. The highest BCUT2D eigenvalue weighted by molar-refractivity contribution is 5.92. The van der Waals surface area contributed by atoms with Crippen LogP contribution in [0.2, 0.25) is 0 Å². The zero-order valence-corrected chi connectivity index (χ0v) is 11.9. The van der Waals surface area contributed by atoms with E-state index in [0.717, 1.165) is 42.5 Å². The molecule has 2 aromatic rings. The van der Waals surface area contributed by atoms with Gasteiger partial charge in [0.05, 0.1) is 10.9 Å². The van der Waals surface area contributed by atoms with Crippen molar-refractivity contribution >= 4 is 22.8 Å². The molecule has 0 saturated carbocycles. The van der Waals surface area contributed by atoms with Crippen molar-refractivity contribution < 1.29 is 4.79 Å². The fourth-order valence-electron chi connectivity index (χ4n) is 2.96. The van der Waals surface area contributed by atoms with Gasteiger partial charge in [-0.3, -0.25) is 4.79 Å². The Balaban J connectivity index is 1.97. The molecule has 1 fully saturated rings. The number of nitrogens with zero attached hydrogens (tertiary/aromatic N) is 4. The van der Waals surface area contributed by atoms with E-state index in [4.69, 9.17) is 12.2 Å². The Bertz CT molecular complexity index is 734. The van der Waals surface area contributed by atoms with Crippen molar-refractivity contribution in [2.24, 2.45) is 0 Å². The normalized spacial score (nSPS) is 16.1.